The van der Waals surface area contributed by atoms with Crippen LogP contribution in [0.2, 0.25) is 0 Å². The van der Waals surface area contributed by atoms with Crippen molar-refractivity contribution in [1.29, 1.82) is 0 Å². The summed E-state index contributed by atoms with van der Waals surface area (Å²) in [4.78, 5) is 34.9. The van der Waals surface area contributed by atoms with Crippen molar-refractivity contribution >= 4 is 11.8 Å². The van der Waals surface area contributed by atoms with E-state index >= 15 is 0 Å². The van der Waals surface area contributed by atoms with Crippen LogP contribution in [-0.2, 0) is 9.53 Å². The summed E-state index contributed by atoms with van der Waals surface area (Å²) in [5.74, 6) is -3.00. The molecule has 0 radical (unpaired) electrons. The monoisotopic (exact) mass is 252 g/mol. The first-order valence-corrected chi connectivity index (χ1v) is 5.45. The normalized spacial score (nSPS) is 17.8. The molecular weight excluding hydrogens is 240 g/mol. The first-order valence-electron chi connectivity index (χ1n) is 5.45. The van der Waals surface area contributed by atoms with E-state index in [0.29, 0.717) is 0 Å². The number of ketones is 1. The van der Waals surface area contributed by atoms with Gasteiger partial charge in [-0.15, -0.1) is 0 Å². The van der Waals surface area contributed by atoms with Crippen LogP contribution in [0.1, 0.15) is 17.4 Å². The van der Waals surface area contributed by atoms with Gasteiger partial charge in [0.25, 0.3) is 0 Å². The van der Waals surface area contributed by atoms with E-state index in [1.807, 2.05) is 0 Å². The molecule has 1 atom stereocenters. The molecule has 0 fully saturated rings. The number of nitrogens with zero attached hydrogens (tertiary/aromatic N) is 1. The van der Waals surface area contributed by atoms with Gasteiger partial charge in [0, 0.05) is 12.3 Å². The quantitative estimate of drug-likeness (QED) is 0.542. The van der Waals surface area contributed by atoms with Gasteiger partial charge in [-0.05, 0) is 6.92 Å². The van der Waals surface area contributed by atoms with E-state index in [0.717, 1.165) is 6.07 Å². The summed E-state index contributed by atoms with van der Waals surface area (Å²) in [5.41, 5.74) is 1.86. The fraction of sp³-hybridized carbons (Fsp3) is 0.364. The van der Waals surface area contributed by atoms with Crippen LogP contribution in [-0.4, -0.2) is 34.7 Å². The molecule has 0 bridgehead atoms. The maximum atomic E-state index is 12.0. The minimum atomic E-state index is -1.04. The summed E-state index contributed by atoms with van der Waals surface area (Å²) in [5, 5.41) is 9.60. The van der Waals surface area contributed by atoms with E-state index in [9.17, 15) is 19.5 Å². The summed E-state index contributed by atoms with van der Waals surface area (Å²) < 4.78 is 6.00. The Hall–Kier alpha value is -2.31. The lowest BCUT2D eigenvalue weighted by Gasteiger charge is -2.25. The van der Waals surface area contributed by atoms with Crippen molar-refractivity contribution in [3.63, 3.8) is 0 Å². The number of rotatable bonds is 2. The number of aromatic nitrogens is 1. The second kappa shape index (κ2) is 4.52. The number of hydrogen-bond acceptors (Lipinski definition) is 6. The van der Waals surface area contributed by atoms with Gasteiger partial charge in [-0.25, -0.2) is 0 Å². The average molecular weight is 252 g/mol. The molecule has 96 valence electrons. The van der Waals surface area contributed by atoms with Gasteiger partial charge in [0.15, 0.2) is 11.4 Å². The minimum Gasteiger partial charge on any atom is -0.503 e. The molecular formula is C11H12N2O5. The van der Waals surface area contributed by atoms with E-state index in [4.69, 9.17) is 4.74 Å². The Morgan fingerprint density at radius 3 is 3.00 bits per heavy atom. The molecule has 7 heteroatoms. The zero-order valence-electron chi connectivity index (χ0n) is 9.67. The third-order valence-corrected chi connectivity index (χ3v) is 2.66. The van der Waals surface area contributed by atoms with E-state index in [1.165, 1.54) is 10.9 Å². The fourth-order valence-electron chi connectivity index (χ4n) is 1.77. The number of Topliss-reactive ketones (excluding diaryl/α,β-unsaturated/α-hetero) is 1. The highest BCUT2D eigenvalue weighted by Crippen LogP contribution is 2.20. The van der Waals surface area contributed by atoms with Gasteiger partial charge in [-0.3, -0.25) is 19.1 Å². The maximum Gasteiger partial charge on any atom is 0.318 e. The Morgan fingerprint density at radius 2 is 2.33 bits per heavy atom. The molecule has 0 amide bonds. The number of aromatic hydroxyl groups is 1. The molecule has 7 nitrogen and oxygen atoms in total. The van der Waals surface area contributed by atoms with Crippen LogP contribution in [0.25, 0.3) is 0 Å². The third-order valence-electron chi connectivity index (χ3n) is 2.66. The maximum absolute atomic E-state index is 12.0. The summed E-state index contributed by atoms with van der Waals surface area (Å²) >= 11 is 0. The zero-order chi connectivity index (χ0) is 13.3. The van der Waals surface area contributed by atoms with Crippen molar-refractivity contribution in [2.45, 2.75) is 6.92 Å². The van der Waals surface area contributed by atoms with Crippen LogP contribution in [0.3, 0.4) is 0 Å². The van der Waals surface area contributed by atoms with E-state index in [2.05, 4.69) is 5.43 Å². The van der Waals surface area contributed by atoms with Crippen molar-refractivity contribution in [2.24, 2.45) is 5.92 Å². The number of hydrogen-bond donors (Lipinski definition) is 2. The van der Waals surface area contributed by atoms with Crippen molar-refractivity contribution in [2.75, 3.05) is 18.6 Å². The second-order valence-electron chi connectivity index (χ2n) is 3.78. The van der Waals surface area contributed by atoms with Crippen molar-refractivity contribution in [3.8, 4) is 5.75 Å². The number of nitrogens with one attached hydrogen (secondary N) is 1. The number of fused-ring (bicyclic) bond motifs is 1. The zero-order valence-corrected chi connectivity index (χ0v) is 9.67. The number of carbonyl (C=O) groups excluding carboxylic acids is 2. The Bertz CT molecular complexity index is 563. The molecule has 1 aliphatic heterocycles. The smallest absolute Gasteiger partial charge is 0.318 e. The largest absolute Gasteiger partial charge is 0.503 e. The van der Waals surface area contributed by atoms with Crippen LogP contribution in [0.4, 0.5) is 0 Å². The number of ether oxygens (including phenoxy) is 1. The predicted molar refractivity (Wildman–Crippen MR) is 61.0 cm³/mol. The van der Waals surface area contributed by atoms with Crippen LogP contribution < -0.4 is 10.9 Å². The number of carbonyl (C=O) groups is 2. The highest BCUT2D eigenvalue weighted by atomic mass is 16.5. The molecule has 1 aromatic rings. The van der Waals surface area contributed by atoms with Gasteiger partial charge in [-0.1, -0.05) is 0 Å². The molecule has 2 heterocycles. The van der Waals surface area contributed by atoms with Gasteiger partial charge >= 0.3 is 5.97 Å². The van der Waals surface area contributed by atoms with Crippen LogP contribution >= 0.6 is 0 Å². The van der Waals surface area contributed by atoms with Crippen molar-refractivity contribution in [1.82, 2.24) is 4.68 Å². The highest BCUT2D eigenvalue weighted by Gasteiger charge is 2.36. The lowest BCUT2D eigenvalue weighted by atomic mass is 9.99. The molecule has 2 rings (SSSR count). The molecule has 0 spiro atoms. The van der Waals surface area contributed by atoms with Crippen LogP contribution in [0.5, 0.6) is 5.75 Å². The first kappa shape index (κ1) is 12.2. The Labute approximate surface area is 102 Å². The molecule has 1 aliphatic rings. The van der Waals surface area contributed by atoms with Crippen molar-refractivity contribution in [3.05, 3.63) is 28.2 Å². The summed E-state index contributed by atoms with van der Waals surface area (Å²) in [6.07, 6.45) is 1.33. The minimum absolute atomic E-state index is 0.0625. The van der Waals surface area contributed by atoms with Gasteiger partial charge in [-0.2, -0.15) is 0 Å². The molecule has 1 aromatic heterocycles. The predicted octanol–water partition coefficient (Wildman–Crippen LogP) is -0.527. The van der Waals surface area contributed by atoms with Crippen LogP contribution in [0, 0.1) is 5.92 Å². The van der Waals surface area contributed by atoms with Gasteiger partial charge in [0.05, 0.1) is 13.2 Å². The summed E-state index contributed by atoms with van der Waals surface area (Å²) in [6.45, 7) is 1.86. The molecule has 18 heavy (non-hydrogen) atoms. The summed E-state index contributed by atoms with van der Waals surface area (Å²) in [6, 6.07) is 1.13. The van der Waals surface area contributed by atoms with Gasteiger partial charge in [0.1, 0.15) is 5.92 Å². The molecule has 2 N–H and O–H groups in total. The van der Waals surface area contributed by atoms with E-state index < -0.39 is 28.8 Å². The fourth-order valence-corrected chi connectivity index (χ4v) is 1.77. The molecule has 0 saturated heterocycles. The first-order chi connectivity index (χ1) is 8.56. The topological polar surface area (TPSA) is 97.6 Å². The van der Waals surface area contributed by atoms with Crippen LogP contribution in [0.15, 0.2) is 17.1 Å². The second-order valence-corrected chi connectivity index (χ2v) is 3.78. The third kappa shape index (κ3) is 1.83. The Balaban J connectivity index is 2.42. The lowest BCUT2D eigenvalue weighted by Crippen LogP contribution is -2.43. The van der Waals surface area contributed by atoms with Gasteiger partial charge in [0.2, 0.25) is 11.2 Å². The van der Waals surface area contributed by atoms with Gasteiger partial charge < -0.3 is 15.3 Å². The Morgan fingerprint density at radius 1 is 1.61 bits per heavy atom. The lowest BCUT2D eigenvalue weighted by molar-refractivity contribution is -0.145. The molecule has 0 saturated carbocycles. The number of esters is 1. The molecule has 1 unspecified atom stereocenters. The Kier molecular flexibility index (Phi) is 3.05. The highest BCUT2D eigenvalue weighted by molar-refractivity contribution is 6.10. The van der Waals surface area contributed by atoms with Crippen molar-refractivity contribution < 1.29 is 19.4 Å². The molecule has 0 aromatic carbocycles. The van der Waals surface area contributed by atoms with E-state index in [-0.39, 0.29) is 18.8 Å². The SMILES string of the molecule is CCOC(=O)C1CNn2ccc(=O)c(O)c2C1=O. The summed E-state index contributed by atoms with van der Waals surface area (Å²) in [7, 11) is 0. The van der Waals surface area contributed by atoms with E-state index in [1.54, 1.807) is 6.92 Å². The number of pyridine rings is 1. The average Bonchev–Trinajstić information content (AvgIpc) is 2.34. The molecule has 0 aliphatic carbocycles. The standard InChI is InChI=1S/C11H12N2O5/c1-2-18-11(17)6-5-12-13-4-3-7(14)10(16)8(13)9(6)15/h3-4,6,12,16H,2,5H2,1H3.